The first-order chi connectivity index (χ1) is 10.8. The van der Waals surface area contributed by atoms with Crippen molar-refractivity contribution in [3.63, 3.8) is 0 Å². The molecule has 22 heavy (non-hydrogen) atoms. The highest BCUT2D eigenvalue weighted by atomic mass is 16.5. The van der Waals surface area contributed by atoms with Gasteiger partial charge in [0.1, 0.15) is 5.75 Å². The fraction of sp³-hybridized carbons (Fsp3) is 0.500. The number of rotatable bonds is 5. The number of aryl methyl sites for hydroxylation is 1. The van der Waals surface area contributed by atoms with Crippen molar-refractivity contribution < 1.29 is 4.74 Å². The van der Waals surface area contributed by atoms with Crippen LogP contribution in [0.2, 0.25) is 0 Å². The summed E-state index contributed by atoms with van der Waals surface area (Å²) in [5, 5.41) is 4.31. The van der Waals surface area contributed by atoms with E-state index in [-0.39, 0.29) is 0 Å². The highest BCUT2D eigenvalue weighted by Gasteiger charge is 2.22. The van der Waals surface area contributed by atoms with E-state index >= 15 is 0 Å². The normalized spacial score (nSPS) is 19.3. The second-order valence-electron chi connectivity index (χ2n) is 6.12. The molecule has 1 atom stereocenters. The third kappa shape index (κ3) is 3.50. The monoisotopic (exact) mass is 299 g/mol. The molecule has 1 aliphatic heterocycles. The van der Waals surface area contributed by atoms with Gasteiger partial charge >= 0.3 is 0 Å². The van der Waals surface area contributed by atoms with Crippen LogP contribution in [0.15, 0.2) is 36.5 Å². The molecule has 1 aromatic carbocycles. The Morgan fingerprint density at radius 2 is 2.05 bits per heavy atom. The molecular formula is C18H25N3O. The van der Waals surface area contributed by atoms with Crippen LogP contribution in [-0.4, -0.2) is 41.4 Å². The number of hydrogen-bond donors (Lipinski definition) is 0. The van der Waals surface area contributed by atoms with Crippen LogP contribution in [0.25, 0.3) is 0 Å². The van der Waals surface area contributed by atoms with Crippen LogP contribution < -0.4 is 4.74 Å². The standard InChI is InChI=1S/C18H25N3O/c1-20-18(9-11-19-20)16-4-3-12-21(14-16)13-10-15-5-7-17(22-2)8-6-15/h5-9,11,16H,3-4,10,12-14H2,1-2H3/t16-/m1/s1. The first-order valence-corrected chi connectivity index (χ1v) is 8.09. The molecule has 4 heteroatoms. The lowest BCUT2D eigenvalue weighted by Gasteiger charge is -2.32. The first kappa shape index (κ1) is 15.1. The summed E-state index contributed by atoms with van der Waals surface area (Å²) < 4.78 is 7.24. The van der Waals surface area contributed by atoms with Crippen molar-refractivity contribution in [1.82, 2.24) is 14.7 Å². The molecule has 0 N–H and O–H groups in total. The third-order valence-corrected chi connectivity index (χ3v) is 4.66. The van der Waals surface area contributed by atoms with Crippen molar-refractivity contribution in [1.29, 1.82) is 0 Å². The lowest BCUT2D eigenvalue weighted by Crippen LogP contribution is -2.36. The minimum Gasteiger partial charge on any atom is -0.497 e. The molecule has 2 heterocycles. The molecule has 1 saturated heterocycles. The van der Waals surface area contributed by atoms with Gasteiger partial charge in [-0.2, -0.15) is 5.10 Å². The quantitative estimate of drug-likeness (QED) is 0.850. The van der Waals surface area contributed by atoms with Crippen LogP contribution in [0.1, 0.15) is 30.0 Å². The number of ether oxygens (including phenoxy) is 1. The zero-order chi connectivity index (χ0) is 15.4. The van der Waals surface area contributed by atoms with Gasteiger partial charge in [-0.1, -0.05) is 12.1 Å². The second-order valence-corrected chi connectivity index (χ2v) is 6.12. The number of benzene rings is 1. The Morgan fingerprint density at radius 1 is 1.23 bits per heavy atom. The van der Waals surface area contributed by atoms with Crippen LogP contribution in [0.4, 0.5) is 0 Å². The summed E-state index contributed by atoms with van der Waals surface area (Å²) in [6.07, 6.45) is 5.56. The summed E-state index contributed by atoms with van der Waals surface area (Å²) in [7, 11) is 3.76. The molecule has 3 rings (SSSR count). The van der Waals surface area contributed by atoms with Gasteiger partial charge in [0.15, 0.2) is 0 Å². The molecule has 2 aromatic rings. The minimum absolute atomic E-state index is 0.622. The molecule has 118 valence electrons. The Balaban J connectivity index is 1.55. The van der Waals surface area contributed by atoms with Crippen LogP contribution in [-0.2, 0) is 13.5 Å². The van der Waals surface area contributed by atoms with E-state index in [1.54, 1.807) is 7.11 Å². The van der Waals surface area contributed by atoms with Gasteiger partial charge in [0.25, 0.3) is 0 Å². The van der Waals surface area contributed by atoms with E-state index in [1.165, 1.54) is 30.6 Å². The molecule has 1 aromatic heterocycles. The van der Waals surface area contributed by atoms with Crippen molar-refractivity contribution in [3.8, 4) is 5.75 Å². The zero-order valence-electron chi connectivity index (χ0n) is 13.5. The van der Waals surface area contributed by atoms with Crippen molar-refractivity contribution in [3.05, 3.63) is 47.8 Å². The van der Waals surface area contributed by atoms with Gasteiger partial charge in [-0.05, 0) is 49.6 Å². The molecule has 1 fully saturated rings. The number of aromatic nitrogens is 2. The molecule has 0 amide bonds. The number of methoxy groups -OCH3 is 1. The minimum atomic E-state index is 0.622. The Labute approximate surface area is 132 Å². The summed E-state index contributed by atoms with van der Waals surface area (Å²) >= 11 is 0. The lowest BCUT2D eigenvalue weighted by molar-refractivity contribution is 0.206. The molecule has 0 aliphatic carbocycles. The summed E-state index contributed by atoms with van der Waals surface area (Å²) in [6.45, 7) is 3.49. The number of likely N-dealkylation sites (tertiary alicyclic amines) is 1. The Morgan fingerprint density at radius 3 is 2.73 bits per heavy atom. The van der Waals surface area contributed by atoms with Crippen LogP contribution in [0, 0.1) is 0 Å². The maximum absolute atomic E-state index is 5.21. The topological polar surface area (TPSA) is 30.3 Å². The summed E-state index contributed by atoms with van der Waals surface area (Å²) in [5.74, 6) is 1.55. The van der Waals surface area contributed by atoms with Crippen LogP contribution >= 0.6 is 0 Å². The van der Waals surface area contributed by atoms with Gasteiger partial charge in [-0.25, -0.2) is 0 Å². The van der Waals surface area contributed by atoms with Crippen molar-refractivity contribution in [2.75, 3.05) is 26.7 Å². The molecule has 4 nitrogen and oxygen atoms in total. The van der Waals surface area contributed by atoms with Crippen LogP contribution in [0.5, 0.6) is 5.75 Å². The maximum Gasteiger partial charge on any atom is 0.118 e. The predicted molar refractivity (Wildman–Crippen MR) is 88.3 cm³/mol. The molecule has 0 bridgehead atoms. The maximum atomic E-state index is 5.21. The predicted octanol–water partition coefficient (Wildman–Crippen LogP) is 2.85. The highest BCUT2D eigenvalue weighted by Crippen LogP contribution is 2.26. The average Bonchev–Trinajstić information content (AvgIpc) is 3.00. The first-order valence-electron chi connectivity index (χ1n) is 8.09. The molecule has 0 saturated carbocycles. The van der Waals surface area contributed by atoms with Crippen molar-refractivity contribution >= 4 is 0 Å². The van der Waals surface area contributed by atoms with E-state index in [0.717, 1.165) is 25.3 Å². The second kappa shape index (κ2) is 6.97. The Hall–Kier alpha value is -1.81. The van der Waals surface area contributed by atoms with Gasteiger partial charge in [-0.15, -0.1) is 0 Å². The lowest BCUT2D eigenvalue weighted by atomic mass is 9.94. The molecule has 0 unspecified atom stereocenters. The molecule has 0 spiro atoms. The SMILES string of the molecule is COc1ccc(CCN2CCC[C@@H](c3ccnn3C)C2)cc1. The van der Waals surface area contributed by atoms with E-state index in [9.17, 15) is 0 Å². The summed E-state index contributed by atoms with van der Waals surface area (Å²) in [6, 6.07) is 10.6. The fourth-order valence-corrected chi connectivity index (χ4v) is 3.36. The van der Waals surface area contributed by atoms with E-state index in [4.69, 9.17) is 4.74 Å². The smallest absolute Gasteiger partial charge is 0.118 e. The van der Waals surface area contributed by atoms with Crippen LogP contribution in [0.3, 0.4) is 0 Å². The molecule has 0 radical (unpaired) electrons. The van der Waals surface area contributed by atoms with E-state index in [1.807, 2.05) is 30.1 Å². The zero-order valence-corrected chi connectivity index (χ0v) is 13.5. The van der Waals surface area contributed by atoms with Gasteiger partial charge < -0.3 is 9.64 Å². The van der Waals surface area contributed by atoms with Crippen molar-refractivity contribution in [2.45, 2.75) is 25.2 Å². The largest absolute Gasteiger partial charge is 0.497 e. The average molecular weight is 299 g/mol. The summed E-state index contributed by atoms with van der Waals surface area (Å²) in [5.41, 5.74) is 2.75. The van der Waals surface area contributed by atoms with E-state index < -0.39 is 0 Å². The van der Waals surface area contributed by atoms with Gasteiger partial charge in [0.05, 0.1) is 7.11 Å². The molecule has 1 aliphatic rings. The molecular weight excluding hydrogens is 274 g/mol. The van der Waals surface area contributed by atoms with Gasteiger partial charge in [0.2, 0.25) is 0 Å². The number of nitrogens with zero attached hydrogens (tertiary/aromatic N) is 3. The van der Waals surface area contributed by atoms with E-state index in [2.05, 4.69) is 28.2 Å². The Bertz CT molecular complexity index is 591. The number of piperidine rings is 1. The van der Waals surface area contributed by atoms with Gasteiger partial charge in [0, 0.05) is 37.9 Å². The fourth-order valence-electron chi connectivity index (χ4n) is 3.36. The van der Waals surface area contributed by atoms with Gasteiger partial charge in [-0.3, -0.25) is 4.68 Å². The summed E-state index contributed by atoms with van der Waals surface area (Å²) in [4.78, 5) is 2.59. The number of hydrogen-bond acceptors (Lipinski definition) is 3. The third-order valence-electron chi connectivity index (χ3n) is 4.66. The Kier molecular flexibility index (Phi) is 4.78. The highest BCUT2D eigenvalue weighted by molar-refractivity contribution is 5.27. The van der Waals surface area contributed by atoms with E-state index in [0.29, 0.717) is 5.92 Å². The van der Waals surface area contributed by atoms with Crippen molar-refractivity contribution in [2.24, 2.45) is 7.05 Å².